The Morgan fingerprint density at radius 1 is 1.46 bits per heavy atom. The molecular formula is C7H7BrN2O3. The fourth-order valence-corrected chi connectivity index (χ4v) is 1.32. The van der Waals surface area contributed by atoms with Gasteiger partial charge in [-0.15, -0.1) is 0 Å². The van der Waals surface area contributed by atoms with E-state index in [1.165, 1.54) is 0 Å². The lowest BCUT2D eigenvalue weighted by molar-refractivity contribution is -0.390. The Hall–Kier alpha value is -1.17. The second kappa shape index (κ2) is 3.29. The summed E-state index contributed by atoms with van der Waals surface area (Å²) in [5, 5.41) is 19.7. The molecule has 0 radical (unpaired) electrons. The van der Waals surface area contributed by atoms with Gasteiger partial charge in [-0.1, -0.05) is 0 Å². The highest BCUT2D eigenvalue weighted by Gasteiger charge is 2.21. The maximum Gasteiger partial charge on any atom is 0.407 e. The van der Waals surface area contributed by atoms with Crippen LogP contribution in [0.25, 0.3) is 0 Å². The number of nitrogens with zero attached hydrogens (tertiary/aromatic N) is 2. The first-order valence-corrected chi connectivity index (χ1v) is 4.24. The van der Waals surface area contributed by atoms with Gasteiger partial charge in [0.15, 0.2) is 0 Å². The van der Waals surface area contributed by atoms with Crippen LogP contribution in [-0.4, -0.2) is 15.0 Å². The van der Waals surface area contributed by atoms with Crippen molar-refractivity contribution in [2.24, 2.45) is 0 Å². The zero-order chi connectivity index (χ0) is 10.2. The highest BCUT2D eigenvalue weighted by Crippen LogP contribution is 2.32. The average Bonchev–Trinajstić information content (AvgIpc) is 2.07. The summed E-state index contributed by atoms with van der Waals surface area (Å²) in [4.78, 5) is 13.3. The van der Waals surface area contributed by atoms with E-state index in [1.54, 1.807) is 13.8 Å². The maximum absolute atomic E-state index is 10.4. The van der Waals surface area contributed by atoms with Crippen LogP contribution in [0.4, 0.5) is 5.82 Å². The quantitative estimate of drug-likeness (QED) is 0.468. The Labute approximate surface area is 82.7 Å². The van der Waals surface area contributed by atoms with Crippen molar-refractivity contribution in [2.45, 2.75) is 13.8 Å². The van der Waals surface area contributed by atoms with Crippen LogP contribution in [0, 0.1) is 24.0 Å². The number of nitro groups is 1. The molecule has 0 saturated heterocycles. The average molecular weight is 247 g/mol. The Bertz CT molecular complexity index is 378. The van der Waals surface area contributed by atoms with Gasteiger partial charge in [-0.2, -0.15) is 0 Å². The zero-order valence-corrected chi connectivity index (χ0v) is 8.62. The monoisotopic (exact) mass is 246 g/mol. The van der Waals surface area contributed by atoms with Crippen LogP contribution >= 0.6 is 15.9 Å². The van der Waals surface area contributed by atoms with Gasteiger partial charge in [-0.05, 0) is 23.8 Å². The third-order valence-electron chi connectivity index (χ3n) is 1.82. The van der Waals surface area contributed by atoms with E-state index in [-0.39, 0.29) is 5.75 Å². The molecule has 0 fully saturated rings. The predicted octanol–water partition coefficient (Wildman–Crippen LogP) is 2.07. The van der Waals surface area contributed by atoms with Crippen molar-refractivity contribution >= 4 is 21.7 Å². The molecule has 0 amide bonds. The highest BCUT2D eigenvalue weighted by atomic mass is 79.9. The van der Waals surface area contributed by atoms with Crippen LogP contribution in [0.5, 0.6) is 5.75 Å². The number of rotatable bonds is 1. The van der Waals surface area contributed by atoms with Gasteiger partial charge in [0, 0.05) is 27.1 Å². The Balaban J connectivity index is 3.50. The van der Waals surface area contributed by atoms with E-state index < -0.39 is 10.7 Å². The lowest BCUT2D eigenvalue weighted by Gasteiger charge is -2.02. The summed E-state index contributed by atoms with van der Waals surface area (Å²) in [5.74, 6) is -0.888. The largest absolute Gasteiger partial charge is 0.501 e. The van der Waals surface area contributed by atoms with Gasteiger partial charge in [0.05, 0.1) is 0 Å². The zero-order valence-electron chi connectivity index (χ0n) is 7.04. The molecule has 1 aromatic rings. The highest BCUT2D eigenvalue weighted by molar-refractivity contribution is 9.10. The minimum absolute atomic E-state index is 0.370. The van der Waals surface area contributed by atoms with E-state index in [0.717, 1.165) is 0 Å². The number of hydrogen-bond acceptors (Lipinski definition) is 4. The smallest absolute Gasteiger partial charge is 0.407 e. The van der Waals surface area contributed by atoms with Crippen molar-refractivity contribution in [3.05, 3.63) is 25.8 Å². The standard InChI is InChI=1S/C7H7BrN2O3/c1-3-4(2)6(8)9-7(5(3)11)10(12)13/h11H,1-2H3. The summed E-state index contributed by atoms with van der Waals surface area (Å²) in [6, 6.07) is 0. The van der Waals surface area contributed by atoms with Gasteiger partial charge in [-0.25, -0.2) is 0 Å². The topological polar surface area (TPSA) is 76.3 Å². The van der Waals surface area contributed by atoms with Crippen molar-refractivity contribution in [1.29, 1.82) is 0 Å². The molecule has 70 valence electrons. The van der Waals surface area contributed by atoms with E-state index in [9.17, 15) is 15.2 Å². The van der Waals surface area contributed by atoms with E-state index in [4.69, 9.17) is 0 Å². The fourth-order valence-electron chi connectivity index (χ4n) is 0.857. The number of aromatic hydroxyl groups is 1. The number of pyridine rings is 1. The molecule has 0 atom stereocenters. The molecule has 0 aliphatic carbocycles. The molecule has 0 bridgehead atoms. The third kappa shape index (κ3) is 1.62. The first-order chi connectivity index (χ1) is 5.95. The molecule has 0 aliphatic rings. The number of aromatic nitrogens is 1. The summed E-state index contributed by atoms with van der Waals surface area (Å²) in [5.41, 5.74) is 1.16. The van der Waals surface area contributed by atoms with Crippen LogP contribution in [0.1, 0.15) is 11.1 Å². The Morgan fingerprint density at radius 2 is 2.00 bits per heavy atom. The lowest BCUT2D eigenvalue weighted by Crippen LogP contribution is -1.97. The number of halogens is 1. The van der Waals surface area contributed by atoms with Crippen LogP contribution in [0.2, 0.25) is 0 Å². The molecule has 0 aromatic carbocycles. The molecule has 6 heteroatoms. The molecule has 1 rings (SSSR count). The van der Waals surface area contributed by atoms with Crippen molar-refractivity contribution in [1.82, 2.24) is 4.98 Å². The molecule has 1 N–H and O–H groups in total. The van der Waals surface area contributed by atoms with Crippen molar-refractivity contribution in [3.8, 4) is 5.75 Å². The first-order valence-electron chi connectivity index (χ1n) is 3.45. The van der Waals surface area contributed by atoms with Gasteiger partial charge >= 0.3 is 5.82 Å². The molecular weight excluding hydrogens is 240 g/mol. The van der Waals surface area contributed by atoms with Crippen LogP contribution < -0.4 is 0 Å². The van der Waals surface area contributed by atoms with Gasteiger partial charge in [0.2, 0.25) is 10.4 Å². The Morgan fingerprint density at radius 3 is 2.46 bits per heavy atom. The summed E-state index contributed by atoms with van der Waals surface area (Å²) in [7, 11) is 0. The van der Waals surface area contributed by atoms with Gasteiger partial charge in [-0.3, -0.25) is 0 Å². The summed E-state index contributed by atoms with van der Waals surface area (Å²) in [6.07, 6.45) is 0. The summed E-state index contributed by atoms with van der Waals surface area (Å²) in [6.45, 7) is 3.32. The van der Waals surface area contributed by atoms with E-state index in [1.807, 2.05) is 0 Å². The summed E-state index contributed by atoms with van der Waals surface area (Å²) >= 11 is 3.07. The maximum atomic E-state index is 10.4. The molecule has 5 nitrogen and oxygen atoms in total. The van der Waals surface area contributed by atoms with Crippen LogP contribution in [0.15, 0.2) is 4.60 Å². The normalized spacial score (nSPS) is 10.1. The SMILES string of the molecule is Cc1c(Br)nc([N+](=O)[O-])c(O)c1C. The van der Waals surface area contributed by atoms with E-state index in [0.29, 0.717) is 15.7 Å². The first kappa shape index (κ1) is 9.91. The minimum Gasteiger partial charge on any atom is -0.501 e. The predicted molar refractivity (Wildman–Crippen MR) is 49.7 cm³/mol. The van der Waals surface area contributed by atoms with Gasteiger partial charge < -0.3 is 15.2 Å². The number of hydrogen-bond donors (Lipinski definition) is 1. The van der Waals surface area contributed by atoms with Gasteiger partial charge in [0.1, 0.15) is 0 Å². The van der Waals surface area contributed by atoms with Crippen molar-refractivity contribution < 1.29 is 10.0 Å². The van der Waals surface area contributed by atoms with Crippen LogP contribution in [-0.2, 0) is 0 Å². The molecule has 0 unspecified atom stereocenters. The minimum atomic E-state index is -0.716. The van der Waals surface area contributed by atoms with E-state index in [2.05, 4.69) is 20.9 Å². The Kier molecular flexibility index (Phi) is 2.51. The molecule has 0 spiro atoms. The second-order valence-electron chi connectivity index (χ2n) is 2.58. The molecule has 1 aromatic heterocycles. The van der Waals surface area contributed by atoms with Crippen LogP contribution in [0.3, 0.4) is 0 Å². The van der Waals surface area contributed by atoms with Crippen molar-refractivity contribution in [3.63, 3.8) is 0 Å². The lowest BCUT2D eigenvalue weighted by atomic mass is 10.1. The molecule has 13 heavy (non-hydrogen) atoms. The third-order valence-corrected chi connectivity index (χ3v) is 2.59. The second-order valence-corrected chi connectivity index (χ2v) is 3.33. The molecule has 0 saturated carbocycles. The van der Waals surface area contributed by atoms with E-state index >= 15 is 0 Å². The summed E-state index contributed by atoms with van der Waals surface area (Å²) < 4.78 is 0.384. The molecule has 0 aliphatic heterocycles. The van der Waals surface area contributed by atoms with Crippen molar-refractivity contribution in [2.75, 3.05) is 0 Å². The fraction of sp³-hybridized carbons (Fsp3) is 0.286. The van der Waals surface area contributed by atoms with Gasteiger partial charge in [0.25, 0.3) is 0 Å². The molecule has 1 heterocycles.